The second kappa shape index (κ2) is 19.6. The molecule has 222 valence electrons. The van der Waals surface area contributed by atoms with E-state index in [9.17, 15) is 29.8 Å². The number of hydrogen-bond acceptors (Lipinski definition) is 7. The summed E-state index contributed by atoms with van der Waals surface area (Å²) < 4.78 is 2.47. The molecule has 0 unspecified atom stereocenters. The molecular weight excluding hydrogens is 516 g/mol. The molecule has 2 heterocycles. The number of nitrogens with one attached hydrogen (secondary N) is 1. The van der Waals surface area contributed by atoms with Crippen LogP contribution in [0.5, 0.6) is 0 Å². The van der Waals surface area contributed by atoms with E-state index in [1.54, 1.807) is 0 Å². The Balaban J connectivity index is 1.27. The fraction of sp³-hybridized carbons (Fsp3) is 0.714. The minimum Gasteiger partial charge on any atom is -0.358 e. The molecule has 0 saturated carbocycles. The van der Waals surface area contributed by atoms with Crippen LogP contribution < -0.4 is 4.98 Å². The van der Waals surface area contributed by atoms with Crippen molar-refractivity contribution in [3.05, 3.63) is 45.3 Å². The number of imidazole rings is 2. The number of aromatic nitrogens is 4. The van der Waals surface area contributed by atoms with E-state index >= 15 is 0 Å². The van der Waals surface area contributed by atoms with Crippen LogP contribution in [0.15, 0.2) is 25.0 Å². The molecule has 0 aliphatic rings. The summed E-state index contributed by atoms with van der Waals surface area (Å²) in [6, 6.07) is 0. The second-order valence-corrected chi connectivity index (χ2v) is 10.5. The summed E-state index contributed by atoms with van der Waals surface area (Å²) in [6.07, 6.45) is 26.9. The lowest BCUT2D eigenvalue weighted by Gasteiger charge is -2.04. The molecule has 2 aromatic rings. The molecule has 0 aromatic carbocycles. The average Bonchev–Trinajstić information content (AvgIpc) is 3.63. The Kier molecular flexibility index (Phi) is 16.1. The first-order chi connectivity index (χ1) is 19.4. The summed E-state index contributed by atoms with van der Waals surface area (Å²) in [6.45, 7) is 0. The quantitative estimate of drug-likeness (QED) is 0.0795. The molecule has 0 atom stereocenters. The van der Waals surface area contributed by atoms with Crippen molar-refractivity contribution in [3.8, 4) is 0 Å². The molecule has 0 bridgehead atoms. The summed E-state index contributed by atoms with van der Waals surface area (Å²) in [5, 5.41) is 21.3. The van der Waals surface area contributed by atoms with E-state index in [1.165, 1.54) is 111 Å². The topological polar surface area (TPSA) is 157 Å². The number of nitrogens with zero attached hydrogens (tertiary/aromatic N) is 5. The zero-order valence-electron chi connectivity index (χ0n) is 23.6. The van der Waals surface area contributed by atoms with Crippen LogP contribution in [0, 0.1) is 20.2 Å². The Hall–Kier alpha value is -3.44. The molecule has 1 N–H and O–H groups in total. The average molecular weight is 562 g/mol. The fourth-order valence-electron chi connectivity index (χ4n) is 4.77. The molecule has 0 amide bonds. The van der Waals surface area contributed by atoms with Crippen molar-refractivity contribution in [2.45, 2.75) is 128 Å². The first kappa shape index (κ1) is 32.8. The monoisotopic (exact) mass is 561 g/mol. The molecule has 12 nitrogen and oxygen atoms in total. The highest BCUT2D eigenvalue weighted by Crippen LogP contribution is 2.15. The number of H-pyrrole nitrogens is 1. The van der Waals surface area contributed by atoms with Gasteiger partial charge < -0.3 is 20.2 Å². The predicted molar refractivity (Wildman–Crippen MR) is 150 cm³/mol. The van der Waals surface area contributed by atoms with Gasteiger partial charge in [0.05, 0.1) is 6.42 Å². The third-order valence-corrected chi connectivity index (χ3v) is 7.17. The minimum atomic E-state index is -0.599. The van der Waals surface area contributed by atoms with Crippen LogP contribution in [0.1, 0.15) is 138 Å². The number of carbonyl (C=O) groups excluding carboxylic acids is 2. The van der Waals surface area contributed by atoms with Gasteiger partial charge in [-0.15, -0.1) is 4.57 Å². The van der Waals surface area contributed by atoms with Crippen LogP contribution in [0.25, 0.3) is 0 Å². The van der Waals surface area contributed by atoms with Gasteiger partial charge in [0, 0.05) is 11.3 Å². The highest BCUT2D eigenvalue weighted by molar-refractivity contribution is 5.79. The highest BCUT2D eigenvalue weighted by atomic mass is 16.6. The van der Waals surface area contributed by atoms with Crippen molar-refractivity contribution in [2.24, 2.45) is 0 Å². The first-order valence-corrected chi connectivity index (χ1v) is 14.9. The smallest absolute Gasteiger partial charge is 0.358 e. The number of rotatable bonds is 23. The zero-order valence-corrected chi connectivity index (χ0v) is 23.6. The fourth-order valence-corrected chi connectivity index (χ4v) is 4.77. The number of carbonyl (C=O) groups is 2. The van der Waals surface area contributed by atoms with Gasteiger partial charge in [0.1, 0.15) is 6.20 Å². The van der Waals surface area contributed by atoms with E-state index in [4.69, 9.17) is 0 Å². The molecule has 0 spiro atoms. The minimum absolute atomic E-state index is 0.115. The Morgan fingerprint density at radius 2 is 1.02 bits per heavy atom. The molecule has 2 rings (SSSR count). The molecule has 0 aliphatic heterocycles. The Labute approximate surface area is 235 Å². The SMILES string of the molecule is O=C(CCCCCCCCCCCCCCCCCCCCC(=O)n1c[nH+]c([N+](=O)[O-])c1)n1cnc([N+](=O)[O-])c1. The Bertz CT molecular complexity index is 968. The lowest BCUT2D eigenvalue weighted by molar-refractivity contribution is -0.524. The number of hydrogen-bond donors (Lipinski definition) is 0. The van der Waals surface area contributed by atoms with E-state index in [1.807, 2.05) is 0 Å². The zero-order chi connectivity index (χ0) is 29.0. The molecular formula is C28H45N6O6+. The van der Waals surface area contributed by atoms with E-state index in [-0.39, 0.29) is 23.5 Å². The van der Waals surface area contributed by atoms with Crippen molar-refractivity contribution in [1.82, 2.24) is 14.1 Å². The van der Waals surface area contributed by atoms with E-state index in [2.05, 4.69) is 9.97 Å². The van der Waals surface area contributed by atoms with Crippen molar-refractivity contribution in [1.29, 1.82) is 0 Å². The van der Waals surface area contributed by atoms with E-state index in [0.717, 1.165) is 38.5 Å². The standard InChI is InChI=1S/C28H44N6O6/c35-27(31-21-25(29-23-31)33(37)38)19-17-15-13-11-9-7-5-3-1-2-4-6-8-10-12-14-16-18-20-28(36)32-22-26(30-24-32)34(39)40/h21-24H,1-20H2/p+1. The maximum absolute atomic E-state index is 12.0. The Morgan fingerprint density at radius 1 is 0.625 bits per heavy atom. The van der Waals surface area contributed by atoms with Crippen LogP contribution in [0.3, 0.4) is 0 Å². The van der Waals surface area contributed by atoms with Gasteiger partial charge in [-0.25, -0.2) is 9.36 Å². The van der Waals surface area contributed by atoms with Gasteiger partial charge in [-0.3, -0.25) is 4.79 Å². The van der Waals surface area contributed by atoms with Crippen LogP contribution in [-0.2, 0) is 0 Å². The molecule has 12 heteroatoms. The summed E-state index contributed by atoms with van der Waals surface area (Å²) in [7, 11) is 0. The number of aromatic amines is 1. The lowest BCUT2D eigenvalue weighted by atomic mass is 10.0. The second-order valence-electron chi connectivity index (χ2n) is 10.5. The van der Waals surface area contributed by atoms with Gasteiger partial charge in [-0.1, -0.05) is 103 Å². The van der Waals surface area contributed by atoms with Gasteiger partial charge in [0.15, 0.2) is 0 Å². The lowest BCUT2D eigenvalue weighted by Crippen LogP contribution is -2.09. The number of unbranched alkanes of at least 4 members (excludes halogenated alkanes) is 17. The molecule has 0 saturated heterocycles. The van der Waals surface area contributed by atoms with Gasteiger partial charge in [0.2, 0.25) is 18.4 Å². The third kappa shape index (κ3) is 13.6. The van der Waals surface area contributed by atoms with Crippen LogP contribution in [0.2, 0.25) is 0 Å². The Morgan fingerprint density at radius 3 is 1.38 bits per heavy atom. The van der Waals surface area contributed by atoms with Gasteiger partial charge >= 0.3 is 23.9 Å². The van der Waals surface area contributed by atoms with E-state index < -0.39 is 9.85 Å². The van der Waals surface area contributed by atoms with Gasteiger partial charge in [-0.05, 0) is 22.7 Å². The van der Waals surface area contributed by atoms with Crippen LogP contribution >= 0.6 is 0 Å². The van der Waals surface area contributed by atoms with Crippen LogP contribution in [0.4, 0.5) is 11.6 Å². The summed E-state index contributed by atoms with van der Waals surface area (Å²) in [5.41, 5.74) is 0. The summed E-state index contributed by atoms with van der Waals surface area (Å²) >= 11 is 0. The number of nitro groups is 2. The van der Waals surface area contributed by atoms with Crippen molar-refractivity contribution in [3.63, 3.8) is 0 Å². The summed E-state index contributed by atoms with van der Waals surface area (Å²) in [4.78, 5) is 50.3. The third-order valence-electron chi connectivity index (χ3n) is 7.17. The molecule has 2 aromatic heterocycles. The largest absolute Gasteiger partial charge is 0.432 e. The molecule has 0 aliphatic carbocycles. The van der Waals surface area contributed by atoms with Crippen molar-refractivity contribution in [2.75, 3.05) is 0 Å². The molecule has 0 fully saturated rings. The molecule has 0 radical (unpaired) electrons. The van der Waals surface area contributed by atoms with Crippen molar-refractivity contribution >= 4 is 23.5 Å². The van der Waals surface area contributed by atoms with Crippen LogP contribution in [-0.4, -0.2) is 35.8 Å². The summed E-state index contributed by atoms with van der Waals surface area (Å²) in [5.74, 6) is -0.733. The van der Waals surface area contributed by atoms with E-state index in [0.29, 0.717) is 12.8 Å². The van der Waals surface area contributed by atoms with Crippen molar-refractivity contribution < 1.29 is 24.4 Å². The highest BCUT2D eigenvalue weighted by Gasteiger charge is 2.20. The first-order valence-electron chi connectivity index (χ1n) is 14.9. The van der Waals surface area contributed by atoms with Gasteiger partial charge in [-0.2, -0.15) is 4.98 Å². The maximum Gasteiger partial charge on any atom is 0.432 e. The molecule has 40 heavy (non-hydrogen) atoms. The normalized spacial score (nSPS) is 11.1. The van der Waals surface area contributed by atoms with Gasteiger partial charge in [0.25, 0.3) is 0 Å². The predicted octanol–water partition coefficient (Wildman–Crippen LogP) is 7.10. The maximum atomic E-state index is 12.0.